The van der Waals surface area contributed by atoms with Crippen LogP contribution in [-0.4, -0.2) is 44.9 Å². The van der Waals surface area contributed by atoms with Gasteiger partial charge in [-0.1, -0.05) is 24.3 Å². The SMILES string of the molecule is CCNC(=O)COc1cccc(-c2nc(N=C3C=Cc4[nH]ncc4CC3)c3ccccc3n2)c1. The van der Waals surface area contributed by atoms with Crippen molar-refractivity contribution < 1.29 is 9.53 Å². The summed E-state index contributed by atoms with van der Waals surface area (Å²) in [5.41, 5.74) is 4.74. The van der Waals surface area contributed by atoms with Crippen LogP contribution in [0.25, 0.3) is 28.4 Å². The van der Waals surface area contributed by atoms with Crippen LogP contribution in [0.15, 0.2) is 65.8 Å². The van der Waals surface area contributed by atoms with E-state index in [9.17, 15) is 4.79 Å². The van der Waals surface area contributed by atoms with Crippen molar-refractivity contribution in [2.75, 3.05) is 13.2 Å². The van der Waals surface area contributed by atoms with E-state index in [2.05, 4.69) is 15.5 Å². The molecular weight excluding hydrogens is 428 g/mol. The summed E-state index contributed by atoms with van der Waals surface area (Å²) in [4.78, 5) is 26.2. The highest BCUT2D eigenvalue weighted by molar-refractivity contribution is 6.02. The van der Waals surface area contributed by atoms with Crippen molar-refractivity contribution in [2.24, 2.45) is 4.99 Å². The summed E-state index contributed by atoms with van der Waals surface area (Å²) in [6, 6.07) is 15.3. The first-order chi connectivity index (χ1) is 16.7. The van der Waals surface area contributed by atoms with Gasteiger partial charge in [-0.15, -0.1) is 0 Å². The van der Waals surface area contributed by atoms with Crippen LogP contribution in [0.2, 0.25) is 0 Å². The predicted molar refractivity (Wildman–Crippen MR) is 132 cm³/mol. The van der Waals surface area contributed by atoms with Gasteiger partial charge in [0, 0.05) is 23.2 Å². The van der Waals surface area contributed by atoms with Crippen molar-refractivity contribution in [2.45, 2.75) is 19.8 Å². The Morgan fingerprint density at radius 1 is 1.12 bits per heavy atom. The molecule has 2 heterocycles. The Morgan fingerprint density at radius 3 is 2.94 bits per heavy atom. The lowest BCUT2D eigenvalue weighted by Gasteiger charge is -2.09. The fourth-order valence-electron chi connectivity index (χ4n) is 3.82. The number of aromatic nitrogens is 4. The number of hydrogen-bond donors (Lipinski definition) is 2. The number of ether oxygens (including phenoxy) is 1. The predicted octanol–water partition coefficient (Wildman–Crippen LogP) is 4.27. The summed E-state index contributed by atoms with van der Waals surface area (Å²) < 4.78 is 5.65. The number of aryl methyl sites for hydroxylation is 1. The number of aromatic amines is 1. The van der Waals surface area contributed by atoms with Crippen LogP contribution >= 0.6 is 0 Å². The fraction of sp³-hybridized carbons (Fsp3) is 0.192. The number of nitrogens with zero attached hydrogens (tertiary/aromatic N) is 4. The number of amides is 1. The summed E-state index contributed by atoms with van der Waals surface area (Å²) >= 11 is 0. The molecular formula is C26H24N6O2. The topological polar surface area (TPSA) is 105 Å². The maximum atomic E-state index is 11.7. The summed E-state index contributed by atoms with van der Waals surface area (Å²) in [6.07, 6.45) is 7.53. The number of carbonyl (C=O) groups excluding carboxylic acids is 1. The number of fused-ring (bicyclic) bond motifs is 2. The van der Waals surface area contributed by atoms with Gasteiger partial charge in [-0.2, -0.15) is 5.10 Å². The number of nitrogens with one attached hydrogen (secondary N) is 2. The van der Waals surface area contributed by atoms with E-state index in [0.29, 0.717) is 23.9 Å². The molecule has 5 rings (SSSR count). The lowest BCUT2D eigenvalue weighted by Crippen LogP contribution is -2.28. The average Bonchev–Trinajstić information content (AvgIpc) is 3.23. The Morgan fingerprint density at radius 2 is 2.03 bits per heavy atom. The van der Waals surface area contributed by atoms with Gasteiger partial charge in [0.1, 0.15) is 5.75 Å². The second kappa shape index (κ2) is 9.66. The Hall–Kier alpha value is -4.33. The monoisotopic (exact) mass is 452 g/mol. The first-order valence-electron chi connectivity index (χ1n) is 11.2. The zero-order chi connectivity index (χ0) is 23.3. The minimum absolute atomic E-state index is 0.0430. The highest BCUT2D eigenvalue weighted by Crippen LogP contribution is 2.29. The summed E-state index contributed by atoms with van der Waals surface area (Å²) in [5.74, 6) is 1.59. The molecule has 2 N–H and O–H groups in total. The van der Waals surface area contributed by atoms with Crippen molar-refractivity contribution in [1.29, 1.82) is 0 Å². The highest BCUT2D eigenvalue weighted by Gasteiger charge is 2.13. The molecule has 0 radical (unpaired) electrons. The molecule has 0 atom stereocenters. The van der Waals surface area contributed by atoms with Crippen molar-refractivity contribution >= 4 is 34.4 Å². The molecule has 1 aliphatic rings. The zero-order valence-electron chi connectivity index (χ0n) is 18.8. The standard InChI is InChI=1S/C26H24N6O2/c1-2-27-24(33)16-34-20-7-5-6-17(14-20)25-30-23-9-4-3-8-21(23)26(31-25)29-19-11-10-18-15-28-32-22(18)13-12-19/h3-9,12-15H,2,10-11,16H2,1H3,(H,27,33)(H,28,32). The Balaban J connectivity index is 1.49. The van der Waals surface area contributed by atoms with Crippen molar-refractivity contribution in [3.63, 3.8) is 0 Å². The third-order valence-electron chi connectivity index (χ3n) is 5.51. The van der Waals surface area contributed by atoms with Gasteiger partial charge in [0.2, 0.25) is 0 Å². The van der Waals surface area contributed by atoms with Crippen molar-refractivity contribution in [1.82, 2.24) is 25.5 Å². The van der Waals surface area contributed by atoms with Crippen LogP contribution < -0.4 is 10.1 Å². The minimum atomic E-state index is -0.161. The van der Waals surface area contributed by atoms with Crippen LogP contribution in [0.4, 0.5) is 5.82 Å². The van der Waals surface area contributed by atoms with Gasteiger partial charge in [-0.05, 0) is 61.7 Å². The molecule has 8 heteroatoms. The summed E-state index contributed by atoms with van der Waals surface area (Å²) in [5, 5.41) is 10.7. The van der Waals surface area contributed by atoms with Gasteiger partial charge in [-0.25, -0.2) is 15.0 Å². The molecule has 4 aromatic rings. The van der Waals surface area contributed by atoms with E-state index in [-0.39, 0.29) is 12.5 Å². The number of aliphatic imine (C=N–C) groups is 1. The third-order valence-corrected chi connectivity index (χ3v) is 5.51. The van der Waals surface area contributed by atoms with Gasteiger partial charge in [-0.3, -0.25) is 9.89 Å². The summed E-state index contributed by atoms with van der Waals surface area (Å²) in [6.45, 7) is 2.39. The quantitative estimate of drug-likeness (QED) is 0.455. The maximum absolute atomic E-state index is 11.7. The first kappa shape index (κ1) is 21.5. The van der Waals surface area contributed by atoms with Gasteiger partial charge in [0.25, 0.3) is 5.91 Å². The average molecular weight is 453 g/mol. The lowest BCUT2D eigenvalue weighted by atomic mass is 10.1. The molecule has 1 amide bonds. The van der Waals surface area contributed by atoms with E-state index < -0.39 is 0 Å². The van der Waals surface area contributed by atoms with Gasteiger partial charge < -0.3 is 10.1 Å². The second-order valence-corrected chi connectivity index (χ2v) is 7.90. The van der Waals surface area contributed by atoms with Crippen molar-refractivity contribution in [3.8, 4) is 17.1 Å². The zero-order valence-corrected chi connectivity index (χ0v) is 18.8. The van der Waals surface area contributed by atoms with Gasteiger partial charge in [0.15, 0.2) is 18.2 Å². The van der Waals surface area contributed by atoms with E-state index in [0.717, 1.165) is 40.7 Å². The molecule has 0 aliphatic heterocycles. The number of allylic oxidation sites excluding steroid dienone is 1. The lowest BCUT2D eigenvalue weighted by molar-refractivity contribution is -0.122. The molecule has 2 aromatic carbocycles. The number of benzene rings is 2. The molecule has 8 nitrogen and oxygen atoms in total. The van der Waals surface area contributed by atoms with Crippen LogP contribution in [-0.2, 0) is 11.2 Å². The highest BCUT2D eigenvalue weighted by atomic mass is 16.5. The van der Waals surface area contributed by atoms with Crippen LogP contribution in [0.3, 0.4) is 0 Å². The van der Waals surface area contributed by atoms with Crippen LogP contribution in [0.1, 0.15) is 24.6 Å². The largest absolute Gasteiger partial charge is 0.484 e. The number of H-pyrrole nitrogens is 1. The molecule has 0 fully saturated rings. The van der Waals surface area contributed by atoms with E-state index in [1.807, 2.05) is 73.8 Å². The molecule has 34 heavy (non-hydrogen) atoms. The number of para-hydroxylation sites is 1. The molecule has 0 saturated carbocycles. The normalized spacial score (nSPS) is 14.1. The third kappa shape index (κ3) is 4.71. The van der Waals surface area contributed by atoms with Crippen LogP contribution in [0, 0.1) is 0 Å². The van der Waals surface area contributed by atoms with E-state index >= 15 is 0 Å². The molecule has 2 aromatic heterocycles. The van der Waals surface area contributed by atoms with Gasteiger partial charge >= 0.3 is 0 Å². The van der Waals surface area contributed by atoms with E-state index in [1.165, 1.54) is 5.56 Å². The van der Waals surface area contributed by atoms with Crippen LogP contribution in [0.5, 0.6) is 5.75 Å². The number of hydrogen-bond acceptors (Lipinski definition) is 6. The Labute approximate surface area is 196 Å². The second-order valence-electron chi connectivity index (χ2n) is 7.90. The molecule has 1 aliphatic carbocycles. The minimum Gasteiger partial charge on any atom is -0.484 e. The molecule has 0 spiro atoms. The molecule has 170 valence electrons. The van der Waals surface area contributed by atoms with Gasteiger partial charge in [0.05, 0.1) is 17.4 Å². The van der Waals surface area contributed by atoms with Crippen molar-refractivity contribution in [3.05, 3.63) is 72.1 Å². The Bertz CT molecular complexity index is 1410. The number of carbonyl (C=O) groups is 1. The van der Waals surface area contributed by atoms with E-state index in [4.69, 9.17) is 19.7 Å². The number of rotatable bonds is 6. The van der Waals surface area contributed by atoms with E-state index in [1.54, 1.807) is 0 Å². The smallest absolute Gasteiger partial charge is 0.257 e. The summed E-state index contributed by atoms with van der Waals surface area (Å²) in [7, 11) is 0. The maximum Gasteiger partial charge on any atom is 0.257 e. The molecule has 0 saturated heterocycles. The Kier molecular flexibility index (Phi) is 6.11. The molecule has 0 bridgehead atoms. The fourth-order valence-corrected chi connectivity index (χ4v) is 3.82. The number of likely N-dealkylation sites (N-methyl/N-ethyl adjacent to an activating group) is 1. The first-order valence-corrected chi connectivity index (χ1v) is 11.2. The molecule has 0 unspecified atom stereocenters.